The molecule has 22 heavy (non-hydrogen) atoms. The molecule has 0 aliphatic rings. The second kappa shape index (κ2) is 7.54. The molecule has 0 N–H and O–H groups in total. The summed E-state index contributed by atoms with van der Waals surface area (Å²) in [6, 6.07) is 3.43. The highest BCUT2D eigenvalue weighted by Crippen LogP contribution is 2.32. The summed E-state index contributed by atoms with van der Waals surface area (Å²) in [7, 11) is 0. The van der Waals surface area contributed by atoms with E-state index in [-0.39, 0.29) is 22.9 Å². The molecule has 1 aromatic carbocycles. The van der Waals surface area contributed by atoms with Crippen molar-refractivity contribution in [2.45, 2.75) is 23.1 Å². The second-order valence-corrected chi connectivity index (χ2v) is 7.74. The van der Waals surface area contributed by atoms with Crippen molar-refractivity contribution >= 4 is 45.0 Å². The van der Waals surface area contributed by atoms with Gasteiger partial charge in [0.2, 0.25) is 0 Å². The van der Waals surface area contributed by atoms with Crippen LogP contribution in [0.2, 0.25) is 0 Å². The van der Waals surface area contributed by atoms with Gasteiger partial charge in [0.25, 0.3) is 11.4 Å². The number of hydrogen-bond acceptors (Lipinski definition) is 7. The van der Waals surface area contributed by atoms with Crippen LogP contribution in [0.15, 0.2) is 23.1 Å². The molecule has 0 atom stereocenters. The number of carbonyl (C=O) groups excluding carboxylic acids is 1. The maximum absolute atomic E-state index is 11.5. The van der Waals surface area contributed by atoms with Gasteiger partial charge in [0, 0.05) is 11.8 Å². The molecule has 0 unspecified atom stereocenters. The zero-order valence-corrected chi connectivity index (χ0v) is 14.2. The molecule has 0 spiro atoms. The van der Waals surface area contributed by atoms with Gasteiger partial charge < -0.3 is 4.74 Å². The number of nitro groups is 2. The first kappa shape index (κ1) is 18.4. The number of benzene rings is 1. The number of esters is 1. The van der Waals surface area contributed by atoms with Crippen LogP contribution in [0.1, 0.15) is 13.8 Å². The lowest BCUT2D eigenvalue weighted by Gasteiger charge is -2.14. The van der Waals surface area contributed by atoms with Crippen LogP contribution in [-0.2, 0) is 9.53 Å². The molecule has 0 fully saturated rings. The summed E-state index contributed by atoms with van der Waals surface area (Å²) in [5, 5.41) is 21.6. The number of hydrogen-bond donors (Lipinski definition) is 0. The second-order valence-electron chi connectivity index (χ2n) is 4.62. The molecule has 10 heteroatoms. The predicted molar refractivity (Wildman–Crippen MR) is 84.4 cm³/mol. The van der Waals surface area contributed by atoms with Crippen molar-refractivity contribution in [3.8, 4) is 0 Å². The van der Waals surface area contributed by atoms with Crippen LogP contribution >= 0.6 is 27.7 Å². The first-order valence-electron chi connectivity index (χ1n) is 6.04. The van der Waals surface area contributed by atoms with Crippen LogP contribution in [-0.4, -0.2) is 32.5 Å². The lowest BCUT2D eigenvalue weighted by Crippen LogP contribution is -2.27. The van der Waals surface area contributed by atoms with Gasteiger partial charge in [-0.2, -0.15) is 0 Å². The molecular weight excluding hydrogens is 380 g/mol. The number of ether oxygens (including phenoxy) is 1. The Balaban J connectivity index is 2.68. The first-order valence-corrected chi connectivity index (χ1v) is 7.82. The Hall–Kier alpha value is -1.68. The minimum Gasteiger partial charge on any atom is -0.464 e. The third-order valence-corrected chi connectivity index (χ3v) is 3.76. The Labute approximate surface area is 138 Å². The zero-order valence-electron chi connectivity index (χ0n) is 11.8. The maximum atomic E-state index is 11.5. The maximum Gasteiger partial charge on any atom is 0.322 e. The molecule has 0 saturated heterocycles. The van der Waals surface area contributed by atoms with E-state index in [4.69, 9.17) is 4.74 Å². The lowest BCUT2D eigenvalue weighted by atomic mass is 10.2. The molecule has 0 radical (unpaired) electrons. The smallest absolute Gasteiger partial charge is 0.322 e. The van der Waals surface area contributed by atoms with Crippen molar-refractivity contribution in [3.05, 3.63) is 38.4 Å². The van der Waals surface area contributed by atoms with Crippen molar-refractivity contribution in [2.24, 2.45) is 0 Å². The fourth-order valence-corrected chi connectivity index (χ4v) is 2.29. The average Bonchev–Trinajstić information content (AvgIpc) is 2.41. The van der Waals surface area contributed by atoms with E-state index in [9.17, 15) is 25.0 Å². The number of thioether (sulfide) groups is 1. The highest BCUT2D eigenvalue weighted by atomic mass is 79.9. The quantitative estimate of drug-likeness (QED) is 0.174. The Morgan fingerprint density at radius 2 is 1.95 bits per heavy atom. The number of carbonyl (C=O) groups is 1. The van der Waals surface area contributed by atoms with E-state index in [1.165, 1.54) is 12.1 Å². The molecule has 0 aliphatic carbocycles. The van der Waals surface area contributed by atoms with Crippen LogP contribution in [0.4, 0.5) is 11.4 Å². The molecule has 8 nitrogen and oxygen atoms in total. The van der Waals surface area contributed by atoms with Crippen LogP contribution in [0.5, 0.6) is 0 Å². The van der Waals surface area contributed by atoms with Gasteiger partial charge in [0.05, 0.1) is 20.8 Å². The summed E-state index contributed by atoms with van der Waals surface area (Å²) < 4.78 is 4.21. The number of nitrogens with zero attached hydrogens (tertiary/aromatic N) is 2. The van der Waals surface area contributed by atoms with E-state index in [1.807, 2.05) is 0 Å². The average molecular weight is 393 g/mol. The number of non-ortho nitro benzene ring substituents is 1. The predicted octanol–water partition coefficient (Wildman–Crippen LogP) is 3.31. The molecule has 0 aromatic heterocycles. The van der Waals surface area contributed by atoms with Gasteiger partial charge in [0.15, 0.2) is 0 Å². The Morgan fingerprint density at radius 3 is 2.45 bits per heavy atom. The number of nitro benzene ring substituents is 2. The van der Waals surface area contributed by atoms with Gasteiger partial charge >= 0.3 is 5.97 Å². The van der Waals surface area contributed by atoms with E-state index in [0.29, 0.717) is 5.75 Å². The van der Waals surface area contributed by atoms with Gasteiger partial charge in [-0.25, -0.2) is 0 Å². The Morgan fingerprint density at radius 1 is 1.32 bits per heavy atom. The molecule has 120 valence electrons. The van der Waals surface area contributed by atoms with Crippen LogP contribution in [0, 0.1) is 20.2 Å². The SMILES string of the molecule is CC(C)(Br)C(=O)OCCSc1ccc([N+](=O)[O-])cc1[N+](=O)[O-]. The van der Waals surface area contributed by atoms with Crippen LogP contribution in [0.3, 0.4) is 0 Å². The largest absolute Gasteiger partial charge is 0.464 e. The number of alkyl halides is 1. The molecule has 1 rings (SSSR count). The Kier molecular flexibility index (Phi) is 6.30. The molecule has 1 aromatic rings. The summed E-state index contributed by atoms with van der Waals surface area (Å²) >= 11 is 4.25. The van der Waals surface area contributed by atoms with Crippen LogP contribution < -0.4 is 0 Å². The normalized spacial score (nSPS) is 11.0. The summed E-state index contributed by atoms with van der Waals surface area (Å²) in [5.41, 5.74) is -0.685. The first-order chi connectivity index (χ1) is 10.1. The van der Waals surface area contributed by atoms with Crippen molar-refractivity contribution in [1.29, 1.82) is 0 Å². The molecule has 0 aliphatic heterocycles. The third-order valence-electron chi connectivity index (χ3n) is 2.41. The molecular formula is C12H13BrN2O6S. The minimum atomic E-state index is -0.795. The molecule has 0 bridgehead atoms. The van der Waals surface area contributed by atoms with Crippen LogP contribution in [0.25, 0.3) is 0 Å². The summed E-state index contributed by atoms with van der Waals surface area (Å²) in [6.45, 7) is 3.36. The van der Waals surface area contributed by atoms with Crippen molar-refractivity contribution in [3.63, 3.8) is 0 Å². The van der Waals surface area contributed by atoms with E-state index >= 15 is 0 Å². The standard InChI is InChI=1S/C12H13BrN2O6S/c1-12(2,13)11(16)21-5-6-22-10-4-3-8(14(17)18)7-9(10)15(19)20/h3-4,7H,5-6H2,1-2H3. The van der Waals surface area contributed by atoms with E-state index in [2.05, 4.69) is 15.9 Å². The van der Waals surface area contributed by atoms with E-state index in [0.717, 1.165) is 17.8 Å². The van der Waals surface area contributed by atoms with Gasteiger partial charge in [-0.05, 0) is 19.9 Å². The van der Waals surface area contributed by atoms with Gasteiger partial charge in [-0.3, -0.25) is 25.0 Å². The highest BCUT2D eigenvalue weighted by molar-refractivity contribution is 9.10. The van der Waals surface area contributed by atoms with Gasteiger partial charge in [-0.1, -0.05) is 15.9 Å². The van der Waals surface area contributed by atoms with E-state index in [1.54, 1.807) is 13.8 Å². The van der Waals surface area contributed by atoms with Crippen molar-refractivity contribution in [2.75, 3.05) is 12.4 Å². The third kappa shape index (κ3) is 5.26. The molecule has 0 heterocycles. The Bertz CT molecular complexity index is 602. The van der Waals surface area contributed by atoms with Crippen molar-refractivity contribution < 1.29 is 19.4 Å². The zero-order chi connectivity index (χ0) is 16.9. The summed E-state index contributed by atoms with van der Waals surface area (Å²) in [6.07, 6.45) is 0. The highest BCUT2D eigenvalue weighted by Gasteiger charge is 2.25. The number of halogens is 1. The monoisotopic (exact) mass is 392 g/mol. The van der Waals surface area contributed by atoms with Gasteiger partial charge in [-0.15, -0.1) is 11.8 Å². The summed E-state index contributed by atoms with van der Waals surface area (Å²) in [5.74, 6) is -0.140. The fourth-order valence-electron chi connectivity index (χ4n) is 1.34. The fraction of sp³-hybridized carbons (Fsp3) is 0.417. The summed E-state index contributed by atoms with van der Waals surface area (Å²) in [4.78, 5) is 32.0. The topological polar surface area (TPSA) is 113 Å². The minimum absolute atomic E-state index is 0.0761. The molecule has 0 amide bonds. The molecule has 0 saturated carbocycles. The van der Waals surface area contributed by atoms with Crippen molar-refractivity contribution in [1.82, 2.24) is 0 Å². The lowest BCUT2D eigenvalue weighted by molar-refractivity contribution is -0.396. The van der Waals surface area contributed by atoms with E-state index < -0.39 is 20.1 Å². The number of rotatable bonds is 7. The van der Waals surface area contributed by atoms with Gasteiger partial charge in [0.1, 0.15) is 10.9 Å².